The van der Waals surface area contributed by atoms with Gasteiger partial charge in [-0.05, 0) is 12.3 Å². The van der Waals surface area contributed by atoms with Gasteiger partial charge in [-0.25, -0.2) is 9.78 Å². The van der Waals surface area contributed by atoms with E-state index in [-0.39, 0.29) is 11.6 Å². The molecule has 1 atom stereocenters. The Kier molecular flexibility index (Phi) is 5.16. The molecule has 0 aliphatic rings. The largest absolute Gasteiger partial charge is 0.480 e. The number of carboxylic acid groups (broad SMARTS) is 1. The van der Waals surface area contributed by atoms with Crippen LogP contribution >= 0.6 is 0 Å². The van der Waals surface area contributed by atoms with Crippen molar-refractivity contribution in [1.29, 1.82) is 0 Å². The molecule has 0 aliphatic carbocycles. The Morgan fingerprint density at radius 1 is 1.26 bits per heavy atom. The van der Waals surface area contributed by atoms with Gasteiger partial charge in [0.1, 0.15) is 6.04 Å². The molecule has 23 heavy (non-hydrogen) atoms. The van der Waals surface area contributed by atoms with Crippen molar-refractivity contribution >= 4 is 11.9 Å². The number of hydrogen-bond acceptors (Lipinski definition) is 4. The topological polar surface area (TPSA) is 92.4 Å². The first-order chi connectivity index (χ1) is 10.9. The quantitative estimate of drug-likeness (QED) is 0.855. The Hall–Kier alpha value is -2.63. The summed E-state index contributed by atoms with van der Waals surface area (Å²) in [7, 11) is 0. The van der Waals surface area contributed by atoms with Gasteiger partial charge in [0.2, 0.25) is 0 Å². The maximum atomic E-state index is 12.5. The zero-order valence-corrected chi connectivity index (χ0v) is 13.4. The Morgan fingerprint density at radius 3 is 2.48 bits per heavy atom. The molecule has 6 heteroatoms. The fraction of sp³-hybridized carbons (Fsp3) is 0.353. The molecule has 0 aliphatic heterocycles. The maximum Gasteiger partial charge on any atom is 0.326 e. The first-order valence-corrected chi connectivity index (χ1v) is 7.45. The number of hydrogen-bond donors (Lipinski definition) is 2. The minimum Gasteiger partial charge on any atom is -0.480 e. The van der Waals surface area contributed by atoms with Gasteiger partial charge >= 0.3 is 5.97 Å². The summed E-state index contributed by atoms with van der Waals surface area (Å²) >= 11 is 0. The number of oxazole rings is 1. The predicted molar refractivity (Wildman–Crippen MR) is 85.0 cm³/mol. The third-order valence-electron chi connectivity index (χ3n) is 3.30. The molecular weight excluding hydrogens is 296 g/mol. The van der Waals surface area contributed by atoms with Gasteiger partial charge in [0.25, 0.3) is 5.91 Å². The van der Waals surface area contributed by atoms with E-state index in [1.807, 2.05) is 32.0 Å². The summed E-state index contributed by atoms with van der Waals surface area (Å²) in [6.45, 7) is 5.45. The molecule has 0 unspecified atom stereocenters. The van der Waals surface area contributed by atoms with Crippen molar-refractivity contribution in [1.82, 2.24) is 10.3 Å². The Balaban J connectivity index is 2.28. The lowest BCUT2D eigenvalue weighted by atomic mass is 10.0. The molecule has 0 saturated carbocycles. The highest BCUT2D eigenvalue weighted by atomic mass is 16.4. The van der Waals surface area contributed by atoms with Crippen LogP contribution in [0.15, 0.2) is 34.7 Å². The van der Waals surface area contributed by atoms with E-state index in [4.69, 9.17) is 4.42 Å². The minimum atomic E-state index is -1.06. The van der Waals surface area contributed by atoms with E-state index in [0.717, 1.165) is 0 Å². The molecular formula is C17H20N2O4. The highest BCUT2D eigenvalue weighted by molar-refractivity contribution is 5.99. The van der Waals surface area contributed by atoms with Crippen LogP contribution in [-0.2, 0) is 4.79 Å². The molecule has 0 radical (unpaired) electrons. The molecule has 2 aromatic rings. The molecule has 6 nitrogen and oxygen atoms in total. The number of aryl methyl sites for hydroxylation is 1. The van der Waals surface area contributed by atoms with E-state index in [0.29, 0.717) is 23.6 Å². The van der Waals surface area contributed by atoms with Crippen molar-refractivity contribution in [2.45, 2.75) is 33.2 Å². The number of amides is 1. The first kappa shape index (κ1) is 16.7. The second-order valence-electron chi connectivity index (χ2n) is 5.77. The van der Waals surface area contributed by atoms with Crippen LogP contribution in [0, 0.1) is 12.8 Å². The molecule has 122 valence electrons. The zero-order valence-electron chi connectivity index (χ0n) is 13.4. The fourth-order valence-electron chi connectivity index (χ4n) is 2.29. The summed E-state index contributed by atoms with van der Waals surface area (Å²) in [5.74, 6) is -0.773. The van der Waals surface area contributed by atoms with Crippen molar-refractivity contribution in [2.75, 3.05) is 0 Å². The van der Waals surface area contributed by atoms with Crippen LogP contribution in [0.1, 0.15) is 36.6 Å². The fourth-order valence-corrected chi connectivity index (χ4v) is 2.29. The second-order valence-corrected chi connectivity index (χ2v) is 5.77. The van der Waals surface area contributed by atoms with Crippen LogP contribution in [0.2, 0.25) is 0 Å². The van der Waals surface area contributed by atoms with Gasteiger partial charge in [0.05, 0.1) is 0 Å². The zero-order chi connectivity index (χ0) is 17.0. The normalized spacial score (nSPS) is 12.2. The molecule has 0 fully saturated rings. The number of aromatic nitrogens is 1. The SMILES string of the molecule is Cc1nc(C(=O)N[C@H](CC(C)C)C(=O)O)c(-c2ccccc2)o1. The van der Waals surface area contributed by atoms with E-state index in [1.165, 1.54) is 0 Å². The average Bonchev–Trinajstić information content (AvgIpc) is 2.89. The number of nitrogens with zero attached hydrogens (tertiary/aromatic N) is 1. The average molecular weight is 316 g/mol. The lowest BCUT2D eigenvalue weighted by Crippen LogP contribution is -2.41. The standard InChI is InChI=1S/C17H20N2O4/c1-10(2)9-13(17(21)22)19-16(20)14-15(23-11(3)18-14)12-7-5-4-6-8-12/h4-8,10,13H,9H2,1-3H3,(H,19,20)(H,21,22)/t13-/m1/s1. The lowest BCUT2D eigenvalue weighted by molar-refractivity contribution is -0.139. The summed E-state index contributed by atoms with van der Waals surface area (Å²) in [6, 6.07) is 8.17. The van der Waals surface area contributed by atoms with Crippen molar-refractivity contribution in [3.8, 4) is 11.3 Å². The Labute approximate surface area is 134 Å². The molecule has 0 bridgehead atoms. The summed E-state index contributed by atoms with van der Waals surface area (Å²) in [4.78, 5) is 27.9. The molecule has 2 N–H and O–H groups in total. The lowest BCUT2D eigenvalue weighted by Gasteiger charge is -2.15. The molecule has 0 saturated heterocycles. The first-order valence-electron chi connectivity index (χ1n) is 7.45. The number of aliphatic carboxylic acids is 1. The van der Waals surface area contributed by atoms with Gasteiger partial charge in [-0.3, -0.25) is 4.79 Å². The van der Waals surface area contributed by atoms with Gasteiger partial charge in [0.15, 0.2) is 17.3 Å². The smallest absolute Gasteiger partial charge is 0.326 e. The predicted octanol–water partition coefficient (Wildman–Crippen LogP) is 2.88. The number of rotatable bonds is 6. The van der Waals surface area contributed by atoms with E-state index < -0.39 is 17.9 Å². The summed E-state index contributed by atoms with van der Waals surface area (Å²) in [6.07, 6.45) is 0.346. The van der Waals surface area contributed by atoms with Crippen LogP contribution in [0.4, 0.5) is 0 Å². The Bertz CT molecular complexity index is 692. The monoisotopic (exact) mass is 316 g/mol. The van der Waals surface area contributed by atoms with Crippen LogP contribution in [0.25, 0.3) is 11.3 Å². The summed E-state index contributed by atoms with van der Waals surface area (Å²) in [5.41, 5.74) is 0.817. The Morgan fingerprint density at radius 2 is 1.91 bits per heavy atom. The number of benzene rings is 1. The summed E-state index contributed by atoms with van der Waals surface area (Å²) < 4.78 is 5.53. The van der Waals surface area contributed by atoms with Crippen LogP contribution in [0.3, 0.4) is 0 Å². The van der Waals surface area contributed by atoms with Crippen molar-refractivity contribution in [2.24, 2.45) is 5.92 Å². The van der Waals surface area contributed by atoms with Crippen molar-refractivity contribution in [3.05, 3.63) is 41.9 Å². The van der Waals surface area contributed by atoms with E-state index >= 15 is 0 Å². The minimum absolute atomic E-state index is 0.101. The van der Waals surface area contributed by atoms with Crippen molar-refractivity contribution in [3.63, 3.8) is 0 Å². The van der Waals surface area contributed by atoms with Crippen molar-refractivity contribution < 1.29 is 19.1 Å². The number of carboxylic acids is 1. The molecule has 2 rings (SSSR count). The van der Waals surface area contributed by atoms with Crippen LogP contribution in [0.5, 0.6) is 0 Å². The van der Waals surface area contributed by atoms with Gasteiger partial charge in [0, 0.05) is 12.5 Å². The third-order valence-corrected chi connectivity index (χ3v) is 3.30. The molecule has 1 amide bonds. The number of carbonyl (C=O) groups is 2. The van der Waals surface area contributed by atoms with Crippen LogP contribution in [-0.4, -0.2) is 28.0 Å². The molecule has 1 heterocycles. The number of nitrogens with one attached hydrogen (secondary N) is 1. The highest BCUT2D eigenvalue weighted by Gasteiger charge is 2.26. The second kappa shape index (κ2) is 7.09. The molecule has 1 aromatic carbocycles. The molecule has 1 aromatic heterocycles. The van der Waals surface area contributed by atoms with Gasteiger partial charge in [-0.2, -0.15) is 0 Å². The molecule has 0 spiro atoms. The summed E-state index contributed by atoms with van der Waals surface area (Å²) in [5, 5.41) is 11.8. The van der Waals surface area contributed by atoms with Crippen LogP contribution < -0.4 is 5.32 Å². The van der Waals surface area contributed by atoms with Gasteiger partial charge < -0.3 is 14.8 Å². The maximum absolute atomic E-state index is 12.5. The van der Waals surface area contributed by atoms with Gasteiger partial charge in [-0.1, -0.05) is 44.2 Å². The van der Waals surface area contributed by atoms with E-state index in [2.05, 4.69) is 10.3 Å². The van der Waals surface area contributed by atoms with E-state index in [1.54, 1.807) is 19.1 Å². The van der Waals surface area contributed by atoms with E-state index in [9.17, 15) is 14.7 Å². The number of carbonyl (C=O) groups excluding carboxylic acids is 1. The highest BCUT2D eigenvalue weighted by Crippen LogP contribution is 2.24. The van der Waals surface area contributed by atoms with Gasteiger partial charge in [-0.15, -0.1) is 0 Å². The third kappa shape index (κ3) is 4.18.